The molecule has 0 spiro atoms. The van der Waals surface area contributed by atoms with Gasteiger partial charge in [0.2, 0.25) is 5.91 Å². The molecule has 0 aliphatic carbocycles. The molecule has 0 radical (unpaired) electrons. The molecule has 1 aromatic heterocycles. The van der Waals surface area contributed by atoms with Crippen LogP contribution in [0.25, 0.3) is 10.8 Å². The van der Waals surface area contributed by atoms with Gasteiger partial charge in [0, 0.05) is 34.9 Å². The molecular formula is C16H13N3O3. The molecule has 2 aliphatic heterocycles. The maximum Gasteiger partial charge on any atom is 0.261 e. The first-order chi connectivity index (χ1) is 10.6. The normalized spacial score (nSPS) is 20.6. The molecular weight excluding hydrogens is 282 g/mol. The largest absolute Gasteiger partial charge is 0.508 e. The van der Waals surface area contributed by atoms with E-state index in [2.05, 4.69) is 16.9 Å². The molecule has 6 nitrogen and oxygen atoms in total. The number of aromatic hydroxyl groups is 1. The molecule has 2 amide bonds. The number of nitrogens with one attached hydrogen (secondary N) is 1. The number of piperidine rings is 1. The predicted octanol–water partition coefficient (Wildman–Crippen LogP) is 1.69. The Labute approximate surface area is 126 Å². The number of amides is 2. The van der Waals surface area contributed by atoms with E-state index in [4.69, 9.17) is 0 Å². The number of phenolic OH excluding ortho intramolecular Hbond substituents is 1. The number of pyridine rings is 1. The van der Waals surface area contributed by atoms with Gasteiger partial charge in [0.25, 0.3) is 5.91 Å². The van der Waals surface area contributed by atoms with Gasteiger partial charge in [-0.2, -0.15) is 0 Å². The fourth-order valence-electron chi connectivity index (χ4n) is 3.19. The SMILES string of the molecule is C=C1CCC(N2C(=O)c3cncc4cc(O)cc2c34)C(=O)N1. The highest BCUT2D eigenvalue weighted by atomic mass is 16.3. The minimum atomic E-state index is -0.601. The van der Waals surface area contributed by atoms with Gasteiger partial charge >= 0.3 is 0 Å². The van der Waals surface area contributed by atoms with Crippen LogP contribution < -0.4 is 10.2 Å². The lowest BCUT2D eigenvalue weighted by Crippen LogP contribution is -2.51. The van der Waals surface area contributed by atoms with Crippen molar-refractivity contribution in [3.8, 4) is 5.75 Å². The number of aromatic nitrogens is 1. The summed E-state index contributed by atoms with van der Waals surface area (Å²) >= 11 is 0. The van der Waals surface area contributed by atoms with E-state index in [-0.39, 0.29) is 17.6 Å². The molecule has 1 saturated heterocycles. The number of carbonyl (C=O) groups is 2. The second-order valence-corrected chi connectivity index (χ2v) is 5.57. The Hall–Kier alpha value is -2.89. The summed E-state index contributed by atoms with van der Waals surface area (Å²) in [6.45, 7) is 3.75. The Morgan fingerprint density at radius 2 is 2.14 bits per heavy atom. The Bertz CT molecular complexity index is 859. The highest BCUT2D eigenvalue weighted by Crippen LogP contribution is 2.41. The number of hydrogen-bond acceptors (Lipinski definition) is 4. The lowest BCUT2D eigenvalue weighted by atomic mass is 10.0. The van der Waals surface area contributed by atoms with E-state index >= 15 is 0 Å². The number of phenols is 1. The molecule has 0 bridgehead atoms. The van der Waals surface area contributed by atoms with Gasteiger partial charge in [-0.25, -0.2) is 0 Å². The average molecular weight is 295 g/mol. The fourth-order valence-corrected chi connectivity index (χ4v) is 3.19. The molecule has 1 atom stereocenters. The molecule has 3 heterocycles. The van der Waals surface area contributed by atoms with Gasteiger partial charge in [-0.1, -0.05) is 6.58 Å². The van der Waals surface area contributed by atoms with Crippen LogP contribution in [0.15, 0.2) is 36.8 Å². The lowest BCUT2D eigenvalue weighted by molar-refractivity contribution is -0.122. The number of allylic oxidation sites excluding steroid dienone is 1. The topological polar surface area (TPSA) is 82.5 Å². The highest BCUT2D eigenvalue weighted by molar-refractivity contribution is 6.26. The van der Waals surface area contributed by atoms with Crippen LogP contribution >= 0.6 is 0 Å². The zero-order valence-electron chi connectivity index (χ0n) is 11.7. The first-order valence-corrected chi connectivity index (χ1v) is 6.99. The van der Waals surface area contributed by atoms with Gasteiger partial charge in [0.15, 0.2) is 0 Å². The molecule has 4 rings (SSSR count). The number of benzene rings is 1. The van der Waals surface area contributed by atoms with Crippen molar-refractivity contribution in [2.75, 3.05) is 4.90 Å². The van der Waals surface area contributed by atoms with E-state index in [9.17, 15) is 14.7 Å². The van der Waals surface area contributed by atoms with Crippen LogP contribution in [0.5, 0.6) is 5.75 Å². The van der Waals surface area contributed by atoms with E-state index in [0.717, 1.165) is 5.39 Å². The van der Waals surface area contributed by atoms with Gasteiger partial charge in [-0.15, -0.1) is 0 Å². The van der Waals surface area contributed by atoms with E-state index in [1.54, 1.807) is 12.3 Å². The van der Waals surface area contributed by atoms with Crippen LogP contribution in [0, 0.1) is 0 Å². The van der Waals surface area contributed by atoms with Crippen molar-refractivity contribution < 1.29 is 14.7 Å². The number of nitrogens with zero attached hydrogens (tertiary/aromatic N) is 2. The van der Waals surface area contributed by atoms with Crippen molar-refractivity contribution in [1.29, 1.82) is 0 Å². The summed E-state index contributed by atoms with van der Waals surface area (Å²) < 4.78 is 0. The van der Waals surface area contributed by atoms with Crippen molar-refractivity contribution in [2.45, 2.75) is 18.9 Å². The fraction of sp³-hybridized carbons (Fsp3) is 0.188. The summed E-state index contributed by atoms with van der Waals surface area (Å²) in [5, 5.41) is 14.0. The van der Waals surface area contributed by atoms with Crippen LogP contribution in [0.2, 0.25) is 0 Å². The van der Waals surface area contributed by atoms with Crippen molar-refractivity contribution in [2.24, 2.45) is 0 Å². The number of rotatable bonds is 1. The van der Waals surface area contributed by atoms with Gasteiger partial charge in [0.05, 0.1) is 11.3 Å². The Morgan fingerprint density at radius 1 is 1.32 bits per heavy atom. The van der Waals surface area contributed by atoms with Crippen LogP contribution in [-0.4, -0.2) is 27.9 Å². The molecule has 2 aromatic rings. The molecule has 6 heteroatoms. The Morgan fingerprint density at radius 3 is 2.91 bits per heavy atom. The standard InChI is InChI=1S/C16H13N3O3/c1-8-2-3-12(15(21)18-8)19-13-5-10(20)4-9-6-17-7-11(14(9)13)16(19)22/h4-7,12,20H,1-3H2,(H,18,21). The van der Waals surface area contributed by atoms with Crippen molar-refractivity contribution in [3.05, 3.63) is 42.4 Å². The number of hydrogen-bond donors (Lipinski definition) is 2. The maximum atomic E-state index is 12.7. The minimum Gasteiger partial charge on any atom is -0.508 e. The zero-order chi connectivity index (χ0) is 15.4. The number of anilines is 1. The van der Waals surface area contributed by atoms with Crippen LogP contribution in [0.3, 0.4) is 0 Å². The molecule has 1 unspecified atom stereocenters. The van der Waals surface area contributed by atoms with E-state index < -0.39 is 6.04 Å². The van der Waals surface area contributed by atoms with Crippen LogP contribution in [0.1, 0.15) is 23.2 Å². The molecule has 1 aromatic carbocycles. The third-order valence-corrected chi connectivity index (χ3v) is 4.16. The molecule has 22 heavy (non-hydrogen) atoms. The summed E-state index contributed by atoms with van der Waals surface area (Å²) in [5.41, 5.74) is 1.68. The second kappa shape index (κ2) is 4.30. The maximum absolute atomic E-state index is 12.7. The van der Waals surface area contributed by atoms with E-state index in [1.807, 2.05) is 0 Å². The molecule has 2 aliphatic rings. The lowest BCUT2D eigenvalue weighted by Gasteiger charge is -2.31. The summed E-state index contributed by atoms with van der Waals surface area (Å²) in [4.78, 5) is 30.5. The van der Waals surface area contributed by atoms with E-state index in [1.165, 1.54) is 17.2 Å². The third kappa shape index (κ3) is 1.64. The minimum absolute atomic E-state index is 0.0433. The van der Waals surface area contributed by atoms with Crippen molar-refractivity contribution >= 4 is 28.3 Å². The molecule has 110 valence electrons. The monoisotopic (exact) mass is 295 g/mol. The zero-order valence-corrected chi connectivity index (χ0v) is 11.7. The summed E-state index contributed by atoms with van der Waals surface area (Å²) in [6.07, 6.45) is 4.23. The Balaban J connectivity index is 1.89. The molecule has 1 fully saturated rings. The Kier molecular flexibility index (Phi) is 2.51. The summed E-state index contributed by atoms with van der Waals surface area (Å²) in [6, 6.07) is 2.48. The van der Waals surface area contributed by atoms with Crippen LogP contribution in [0.4, 0.5) is 5.69 Å². The second-order valence-electron chi connectivity index (χ2n) is 5.57. The van der Waals surface area contributed by atoms with Crippen LogP contribution in [-0.2, 0) is 4.79 Å². The highest BCUT2D eigenvalue weighted by Gasteiger charge is 2.40. The molecule has 0 saturated carbocycles. The van der Waals surface area contributed by atoms with Crippen molar-refractivity contribution in [3.63, 3.8) is 0 Å². The van der Waals surface area contributed by atoms with Gasteiger partial charge < -0.3 is 10.4 Å². The first kappa shape index (κ1) is 12.8. The summed E-state index contributed by atoms with van der Waals surface area (Å²) in [5.74, 6) is -0.463. The van der Waals surface area contributed by atoms with Crippen molar-refractivity contribution in [1.82, 2.24) is 10.3 Å². The molecule has 2 N–H and O–H groups in total. The third-order valence-electron chi connectivity index (χ3n) is 4.16. The first-order valence-electron chi connectivity index (χ1n) is 6.99. The van der Waals surface area contributed by atoms with Gasteiger partial charge in [0.1, 0.15) is 11.8 Å². The number of carbonyl (C=O) groups excluding carboxylic acids is 2. The quantitative estimate of drug-likeness (QED) is 0.838. The van der Waals surface area contributed by atoms with Gasteiger partial charge in [-0.05, 0) is 18.9 Å². The average Bonchev–Trinajstić information content (AvgIpc) is 2.74. The predicted molar refractivity (Wildman–Crippen MR) is 80.5 cm³/mol. The smallest absolute Gasteiger partial charge is 0.261 e. The van der Waals surface area contributed by atoms with E-state index in [0.29, 0.717) is 35.2 Å². The summed E-state index contributed by atoms with van der Waals surface area (Å²) in [7, 11) is 0. The van der Waals surface area contributed by atoms with Gasteiger partial charge in [-0.3, -0.25) is 19.5 Å².